The van der Waals surface area contributed by atoms with Crippen LogP contribution in [0.4, 0.5) is 0 Å². The van der Waals surface area contributed by atoms with Crippen molar-refractivity contribution >= 4 is 0 Å². The second-order valence-electron chi connectivity index (χ2n) is 6.18. The smallest absolute Gasteiger partial charge is 0.0440 e. The third-order valence-electron chi connectivity index (χ3n) is 5.89. The lowest BCUT2D eigenvalue weighted by molar-refractivity contribution is 0.116. The Labute approximate surface area is 92.4 Å². The van der Waals surface area contributed by atoms with Gasteiger partial charge in [-0.2, -0.15) is 0 Å². The summed E-state index contributed by atoms with van der Waals surface area (Å²) in [5.74, 6) is 1.07. The first-order valence-electron chi connectivity index (χ1n) is 6.86. The summed E-state index contributed by atoms with van der Waals surface area (Å²) in [6.07, 6.45) is 8.91. The van der Waals surface area contributed by atoms with Crippen molar-refractivity contribution < 1.29 is 0 Å². The Balaban J connectivity index is 1.65. The van der Waals surface area contributed by atoms with Crippen molar-refractivity contribution in [1.82, 2.24) is 10.2 Å². The number of hydrogen-bond donors (Lipinski definition) is 1. The molecule has 2 aliphatic carbocycles. The second kappa shape index (κ2) is 2.78. The van der Waals surface area contributed by atoms with Crippen LogP contribution in [0, 0.1) is 11.3 Å². The first kappa shape index (κ1) is 9.00. The quantitative estimate of drug-likeness (QED) is 0.701. The van der Waals surface area contributed by atoms with Crippen LogP contribution in [0.1, 0.15) is 38.5 Å². The zero-order valence-corrected chi connectivity index (χ0v) is 9.60. The highest BCUT2D eigenvalue weighted by atomic mass is 15.3. The van der Waals surface area contributed by atoms with E-state index in [-0.39, 0.29) is 0 Å². The number of hydrogen-bond acceptors (Lipinski definition) is 2. The molecule has 84 valence electrons. The molecule has 0 amide bonds. The van der Waals surface area contributed by atoms with Crippen LogP contribution in [0.2, 0.25) is 0 Å². The molecule has 15 heavy (non-hydrogen) atoms. The highest BCUT2D eigenvalue weighted by molar-refractivity contribution is 5.35. The predicted octanol–water partition coefficient (Wildman–Crippen LogP) is 1.61. The Kier molecular flexibility index (Phi) is 1.67. The molecule has 0 aromatic rings. The topological polar surface area (TPSA) is 15.3 Å². The molecule has 2 nitrogen and oxygen atoms in total. The number of likely N-dealkylation sites (tertiary alicyclic amines) is 1. The molecule has 4 rings (SSSR count). The van der Waals surface area contributed by atoms with E-state index in [1.807, 2.05) is 0 Å². The van der Waals surface area contributed by atoms with Crippen molar-refractivity contribution in [2.75, 3.05) is 26.2 Å². The lowest BCUT2D eigenvalue weighted by Crippen LogP contribution is -2.47. The van der Waals surface area contributed by atoms with Crippen LogP contribution in [0.3, 0.4) is 0 Å². The molecule has 0 aromatic heterocycles. The number of piperidine rings is 2. The van der Waals surface area contributed by atoms with Crippen molar-refractivity contribution in [1.29, 1.82) is 0 Å². The van der Waals surface area contributed by atoms with E-state index in [0.717, 1.165) is 11.3 Å². The van der Waals surface area contributed by atoms with E-state index in [1.54, 1.807) is 0 Å². The first-order valence-corrected chi connectivity index (χ1v) is 6.86. The Morgan fingerprint density at radius 3 is 2.67 bits per heavy atom. The zero-order chi connectivity index (χ0) is 9.93. The predicted molar refractivity (Wildman–Crippen MR) is 60.8 cm³/mol. The van der Waals surface area contributed by atoms with E-state index in [0.29, 0.717) is 5.54 Å². The number of nitrogens with one attached hydrogen (secondary N) is 1. The van der Waals surface area contributed by atoms with Crippen molar-refractivity contribution in [3.8, 4) is 0 Å². The first-order chi connectivity index (χ1) is 7.40. The van der Waals surface area contributed by atoms with Crippen molar-refractivity contribution in [2.24, 2.45) is 11.3 Å². The summed E-state index contributed by atoms with van der Waals surface area (Å²) in [6.45, 7) is 5.41. The Morgan fingerprint density at radius 1 is 1.00 bits per heavy atom. The van der Waals surface area contributed by atoms with Crippen molar-refractivity contribution in [3.63, 3.8) is 0 Å². The van der Waals surface area contributed by atoms with Gasteiger partial charge in [0.25, 0.3) is 0 Å². The lowest BCUT2D eigenvalue weighted by atomic mass is 9.95. The largest absolute Gasteiger partial charge is 0.314 e. The minimum absolute atomic E-state index is 0.645. The molecule has 1 spiro atoms. The maximum atomic E-state index is 3.68. The Bertz CT molecular complexity index is 280. The molecule has 2 saturated heterocycles. The van der Waals surface area contributed by atoms with Gasteiger partial charge in [0, 0.05) is 24.0 Å². The van der Waals surface area contributed by atoms with Crippen LogP contribution in [0.25, 0.3) is 0 Å². The van der Waals surface area contributed by atoms with Gasteiger partial charge in [0.2, 0.25) is 0 Å². The van der Waals surface area contributed by atoms with Gasteiger partial charge in [-0.15, -0.1) is 0 Å². The fraction of sp³-hybridized carbons (Fsp3) is 1.00. The van der Waals surface area contributed by atoms with E-state index >= 15 is 0 Å². The van der Waals surface area contributed by atoms with Crippen LogP contribution in [0.5, 0.6) is 0 Å². The standard InChI is InChI=1S/C13H22N2/c1-2-7-15(8-3-1)13-10-14-9-12(13)6-4-5-11(12)13/h11,14H,1-10H2/t11-,12-,13-/m1/s1. The molecule has 0 aromatic carbocycles. The molecule has 1 N–H and O–H groups in total. The summed E-state index contributed by atoms with van der Waals surface area (Å²) in [4.78, 5) is 2.88. The van der Waals surface area contributed by atoms with E-state index in [9.17, 15) is 0 Å². The van der Waals surface area contributed by atoms with Crippen LogP contribution in [-0.2, 0) is 0 Å². The van der Waals surface area contributed by atoms with Crippen molar-refractivity contribution in [3.05, 3.63) is 0 Å². The van der Waals surface area contributed by atoms with Crippen LogP contribution >= 0.6 is 0 Å². The van der Waals surface area contributed by atoms with Gasteiger partial charge < -0.3 is 5.32 Å². The van der Waals surface area contributed by atoms with E-state index in [1.165, 1.54) is 64.7 Å². The minimum atomic E-state index is 0.645. The average Bonchev–Trinajstić information content (AvgIpc) is 2.70. The summed E-state index contributed by atoms with van der Waals surface area (Å²) in [5.41, 5.74) is 1.38. The van der Waals surface area contributed by atoms with Gasteiger partial charge in [-0.05, 0) is 44.7 Å². The van der Waals surface area contributed by atoms with Gasteiger partial charge in [-0.1, -0.05) is 12.8 Å². The number of rotatable bonds is 1. The maximum absolute atomic E-state index is 3.68. The molecule has 0 radical (unpaired) electrons. The highest BCUT2D eigenvalue weighted by Gasteiger charge is 2.81. The summed E-state index contributed by atoms with van der Waals surface area (Å²) in [5, 5.41) is 3.68. The SMILES string of the molecule is C1CCN([C@@]23CNC[C@@]24CCC[C@H]43)CC1. The molecule has 0 unspecified atom stereocenters. The molecule has 0 bridgehead atoms. The van der Waals surface area contributed by atoms with Gasteiger partial charge in [0.05, 0.1) is 0 Å². The van der Waals surface area contributed by atoms with Crippen LogP contribution < -0.4 is 5.32 Å². The van der Waals surface area contributed by atoms with E-state index < -0.39 is 0 Å². The molecule has 4 fully saturated rings. The van der Waals surface area contributed by atoms with Crippen molar-refractivity contribution in [2.45, 2.75) is 44.1 Å². The fourth-order valence-electron chi connectivity index (χ4n) is 5.35. The van der Waals surface area contributed by atoms with Gasteiger partial charge in [0.15, 0.2) is 0 Å². The third kappa shape index (κ3) is 0.861. The fourth-order valence-corrected chi connectivity index (χ4v) is 5.35. The third-order valence-corrected chi connectivity index (χ3v) is 5.89. The maximum Gasteiger partial charge on any atom is 0.0440 e. The molecule has 2 aliphatic heterocycles. The molecule has 3 atom stereocenters. The molecule has 2 saturated carbocycles. The van der Waals surface area contributed by atoms with Gasteiger partial charge in [0.1, 0.15) is 0 Å². The van der Waals surface area contributed by atoms with Crippen LogP contribution in [0.15, 0.2) is 0 Å². The summed E-state index contributed by atoms with van der Waals surface area (Å²) >= 11 is 0. The normalized spacial score (nSPS) is 54.0. The van der Waals surface area contributed by atoms with Gasteiger partial charge in [-0.3, -0.25) is 4.90 Å². The molecule has 2 heterocycles. The van der Waals surface area contributed by atoms with Gasteiger partial charge >= 0.3 is 0 Å². The molecular formula is C13H22N2. The molecular weight excluding hydrogens is 184 g/mol. The molecule has 2 heteroatoms. The molecule has 4 aliphatic rings. The summed E-state index contributed by atoms with van der Waals surface area (Å²) in [6, 6.07) is 0. The summed E-state index contributed by atoms with van der Waals surface area (Å²) < 4.78 is 0. The number of nitrogens with zero attached hydrogens (tertiary/aromatic N) is 1. The number of fused-ring (bicyclic) bond motifs is 1. The van der Waals surface area contributed by atoms with E-state index in [2.05, 4.69) is 10.2 Å². The summed E-state index contributed by atoms with van der Waals surface area (Å²) in [7, 11) is 0. The monoisotopic (exact) mass is 206 g/mol. The van der Waals surface area contributed by atoms with Gasteiger partial charge in [-0.25, -0.2) is 0 Å². The van der Waals surface area contributed by atoms with Crippen LogP contribution in [-0.4, -0.2) is 36.6 Å². The second-order valence-corrected chi connectivity index (χ2v) is 6.18. The highest BCUT2D eigenvalue weighted by Crippen LogP contribution is 2.75. The Hall–Kier alpha value is -0.0800. The lowest BCUT2D eigenvalue weighted by Gasteiger charge is -2.37. The average molecular weight is 206 g/mol. The zero-order valence-electron chi connectivity index (χ0n) is 9.60. The minimum Gasteiger partial charge on any atom is -0.314 e. The van der Waals surface area contributed by atoms with E-state index in [4.69, 9.17) is 0 Å². The Morgan fingerprint density at radius 2 is 1.87 bits per heavy atom.